The molecule has 0 N–H and O–H groups in total. The molecule has 0 atom stereocenters. The van der Waals surface area contributed by atoms with E-state index in [1.54, 1.807) is 0 Å². The third-order valence-electron chi connectivity index (χ3n) is 4.87. The summed E-state index contributed by atoms with van der Waals surface area (Å²) in [5, 5.41) is 0. The van der Waals surface area contributed by atoms with Crippen LogP contribution in [0.5, 0.6) is 0 Å². The predicted octanol–water partition coefficient (Wildman–Crippen LogP) is 2.53. The lowest BCUT2D eigenvalue weighted by atomic mass is 9.78. The smallest absolute Gasteiger partial charge is 0.0340 e. The average molecular weight is 259 g/mol. The molecular weight excluding hydrogens is 234 g/mol. The topological polar surface area (TPSA) is 19.4 Å². The van der Waals surface area contributed by atoms with E-state index in [0.717, 1.165) is 6.54 Å². The Morgan fingerprint density at radius 1 is 1.21 bits per heavy atom. The van der Waals surface area contributed by atoms with Crippen molar-refractivity contribution in [1.82, 2.24) is 14.8 Å². The molecule has 2 aliphatic rings. The minimum Gasteiger partial charge on any atom is -0.303 e. The quantitative estimate of drug-likeness (QED) is 0.813. The molecular formula is C16H25N3. The molecule has 2 fully saturated rings. The highest BCUT2D eigenvalue weighted by atomic mass is 15.3. The molecule has 1 saturated heterocycles. The number of rotatable bonds is 2. The van der Waals surface area contributed by atoms with Gasteiger partial charge in [0.25, 0.3) is 0 Å². The van der Waals surface area contributed by atoms with E-state index in [9.17, 15) is 0 Å². The largest absolute Gasteiger partial charge is 0.303 e. The van der Waals surface area contributed by atoms with Crippen molar-refractivity contribution in [1.29, 1.82) is 0 Å². The molecule has 1 aromatic rings. The highest BCUT2D eigenvalue weighted by Gasteiger charge is 2.41. The molecule has 3 rings (SSSR count). The second-order valence-electron chi connectivity index (χ2n) is 6.31. The van der Waals surface area contributed by atoms with Crippen LogP contribution < -0.4 is 0 Å². The lowest BCUT2D eigenvalue weighted by Gasteiger charge is -2.52. The zero-order valence-electron chi connectivity index (χ0n) is 12.0. The first-order chi connectivity index (χ1) is 9.28. The molecule has 0 amide bonds. The number of likely N-dealkylation sites (N-methyl/N-ethyl adjacent to an activating group) is 1. The van der Waals surface area contributed by atoms with E-state index in [1.165, 1.54) is 57.3 Å². The minimum absolute atomic E-state index is 0.432. The first-order valence-corrected chi connectivity index (χ1v) is 7.61. The van der Waals surface area contributed by atoms with Crippen LogP contribution in [0.1, 0.15) is 37.7 Å². The van der Waals surface area contributed by atoms with Crippen LogP contribution in [0.15, 0.2) is 24.5 Å². The van der Waals surface area contributed by atoms with Crippen molar-refractivity contribution in [3.63, 3.8) is 0 Å². The highest BCUT2D eigenvalue weighted by Crippen LogP contribution is 2.37. The van der Waals surface area contributed by atoms with E-state index >= 15 is 0 Å². The number of nitrogens with zero attached hydrogens (tertiary/aromatic N) is 3. The molecule has 104 valence electrons. The fraction of sp³-hybridized carbons (Fsp3) is 0.688. The molecule has 19 heavy (non-hydrogen) atoms. The van der Waals surface area contributed by atoms with Crippen molar-refractivity contribution in [2.75, 3.05) is 26.7 Å². The standard InChI is InChI=1S/C16H25N3/c1-18-10-11-19(13-15-6-5-9-17-12-15)16(14-18)7-3-2-4-8-16/h5-6,9,12H,2-4,7-8,10-11,13-14H2,1H3. The van der Waals surface area contributed by atoms with E-state index in [-0.39, 0.29) is 0 Å². The van der Waals surface area contributed by atoms with Crippen LogP contribution in [-0.2, 0) is 6.54 Å². The minimum atomic E-state index is 0.432. The number of pyridine rings is 1. The first-order valence-electron chi connectivity index (χ1n) is 7.61. The van der Waals surface area contributed by atoms with Gasteiger partial charge in [-0.25, -0.2) is 0 Å². The van der Waals surface area contributed by atoms with Crippen LogP contribution in [0.3, 0.4) is 0 Å². The molecule has 1 spiro atoms. The predicted molar refractivity (Wildman–Crippen MR) is 78.0 cm³/mol. The lowest BCUT2D eigenvalue weighted by Crippen LogP contribution is -2.61. The van der Waals surface area contributed by atoms with Crippen molar-refractivity contribution in [2.24, 2.45) is 0 Å². The van der Waals surface area contributed by atoms with Crippen molar-refractivity contribution >= 4 is 0 Å². The van der Waals surface area contributed by atoms with Crippen molar-refractivity contribution in [3.05, 3.63) is 30.1 Å². The number of hydrogen-bond donors (Lipinski definition) is 0. The van der Waals surface area contributed by atoms with E-state index in [4.69, 9.17) is 0 Å². The molecule has 1 aliphatic carbocycles. The van der Waals surface area contributed by atoms with Crippen LogP contribution in [0.4, 0.5) is 0 Å². The zero-order chi connectivity index (χ0) is 13.1. The molecule has 0 bridgehead atoms. The van der Waals surface area contributed by atoms with E-state index in [0.29, 0.717) is 5.54 Å². The zero-order valence-corrected chi connectivity index (χ0v) is 12.0. The fourth-order valence-corrected chi connectivity index (χ4v) is 3.85. The van der Waals surface area contributed by atoms with Crippen LogP contribution in [0.25, 0.3) is 0 Å². The van der Waals surface area contributed by atoms with Gasteiger partial charge in [-0.1, -0.05) is 25.3 Å². The van der Waals surface area contributed by atoms with Crippen molar-refractivity contribution in [3.8, 4) is 0 Å². The maximum Gasteiger partial charge on any atom is 0.0340 e. The van der Waals surface area contributed by atoms with Gasteiger partial charge in [0.2, 0.25) is 0 Å². The Morgan fingerprint density at radius 2 is 2.05 bits per heavy atom. The van der Waals surface area contributed by atoms with Gasteiger partial charge in [0.05, 0.1) is 0 Å². The van der Waals surface area contributed by atoms with Gasteiger partial charge in [0.1, 0.15) is 0 Å². The average Bonchev–Trinajstić information content (AvgIpc) is 2.44. The fourth-order valence-electron chi connectivity index (χ4n) is 3.85. The summed E-state index contributed by atoms with van der Waals surface area (Å²) in [5.74, 6) is 0. The van der Waals surface area contributed by atoms with Crippen molar-refractivity contribution < 1.29 is 0 Å². The van der Waals surface area contributed by atoms with Crippen LogP contribution in [-0.4, -0.2) is 47.0 Å². The first kappa shape index (κ1) is 13.1. The summed E-state index contributed by atoms with van der Waals surface area (Å²) in [6, 6.07) is 4.26. The summed E-state index contributed by atoms with van der Waals surface area (Å²) < 4.78 is 0. The summed E-state index contributed by atoms with van der Waals surface area (Å²) in [7, 11) is 2.28. The van der Waals surface area contributed by atoms with Gasteiger partial charge in [-0.15, -0.1) is 0 Å². The Kier molecular flexibility index (Phi) is 3.85. The van der Waals surface area contributed by atoms with Crippen LogP contribution in [0, 0.1) is 0 Å². The van der Waals surface area contributed by atoms with Gasteiger partial charge >= 0.3 is 0 Å². The van der Waals surface area contributed by atoms with Gasteiger partial charge in [0, 0.05) is 44.1 Å². The Hall–Kier alpha value is -0.930. The van der Waals surface area contributed by atoms with Gasteiger partial charge in [-0.2, -0.15) is 0 Å². The number of piperazine rings is 1. The molecule has 3 heteroatoms. The summed E-state index contributed by atoms with van der Waals surface area (Å²) in [4.78, 5) is 9.52. The molecule has 1 aliphatic heterocycles. The van der Waals surface area contributed by atoms with Crippen molar-refractivity contribution in [2.45, 2.75) is 44.2 Å². The van der Waals surface area contributed by atoms with Gasteiger partial charge in [-0.3, -0.25) is 9.88 Å². The maximum atomic E-state index is 4.26. The molecule has 0 unspecified atom stereocenters. The van der Waals surface area contributed by atoms with Gasteiger partial charge in [0.15, 0.2) is 0 Å². The summed E-state index contributed by atoms with van der Waals surface area (Å²) in [6.45, 7) is 4.71. The Labute approximate surface area is 116 Å². The number of hydrogen-bond acceptors (Lipinski definition) is 3. The van der Waals surface area contributed by atoms with Crippen LogP contribution >= 0.6 is 0 Å². The normalized spacial score (nSPS) is 24.7. The molecule has 1 aromatic heterocycles. The van der Waals surface area contributed by atoms with E-state index < -0.39 is 0 Å². The summed E-state index contributed by atoms with van der Waals surface area (Å²) in [6.07, 6.45) is 10.9. The van der Waals surface area contributed by atoms with Crippen LogP contribution in [0.2, 0.25) is 0 Å². The molecule has 2 heterocycles. The lowest BCUT2D eigenvalue weighted by molar-refractivity contribution is -0.0239. The monoisotopic (exact) mass is 259 g/mol. The Bertz CT molecular complexity index is 398. The van der Waals surface area contributed by atoms with Gasteiger partial charge in [-0.05, 0) is 31.5 Å². The molecule has 0 aromatic carbocycles. The summed E-state index contributed by atoms with van der Waals surface area (Å²) >= 11 is 0. The molecule has 0 radical (unpaired) electrons. The van der Waals surface area contributed by atoms with Gasteiger partial charge < -0.3 is 4.90 Å². The number of aromatic nitrogens is 1. The SMILES string of the molecule is CN1CCN(Cc2cccnc2)C2(CCCCC2)C1. The van der Waals surface area contributed by atoms with E-state index in [2.05, 4.69) is 34.0 Å². The second-order valence-corrected chi connectivity index (χ2v) is 6.31. The third-order valence-corrected chi connectivity index (χ3v) is 4.87. The van der Waals surface area contributed by atoms with E-state index in [1.807, 2.05) is 12.4 Å². The molecule has 3 nitrogen and oxygen atoms in total. The highest BCUT2D eigenvalue weighted by molar-refractivity contribution is 5.10. The molecule has 1 saturated carbocycles. The second kappa shape index (κ2) is 5.59. The summed E-state index contributed by atoms with van der Waals surface area (Å²) in [5.41, 5.74) is 1.79. The third kappa shape index (κ3) is 2.82. The Morgan fingerprint density at radius 3 is 2.79 bits per heavy atom. The Balaban J connectivity index is 1.77. The maximum absolute atomic E-state index is 4.26.